The van der Waals surface area contributed by atoms with Crippen molar-refractivity contribution in [2.75, 3.05) is 32.7 Å². The number of rotatable bonds is 4. The maximum atomic E-state index is 6.20. The summed E-state index contributed by atoms with van der Waals surface area (Å²) in [4.78, 5) is 5.35. The van der Waals surface area contributed by atoms with Gasteiger partial charge in [0.2, 0.25) is 0 Å². The third kappa shape index (κ3) is 3.31. The molecule has 21 heavy (non-hydrogen) atoms. The van der Waals surface area contributed by atoms with Crippen LogP contribution in [0.3, 0.4) is 0 Å². The second-order valence-electron chi connectivity index (χ2n) is 7.00. The first kappa shape index (κ1) is 15.0. The number of hydrogen-bond acceptors (Lipinski definition) is 3. The molecule has 2 N–H and O–H groups in total. The summed E-state index contributed by atoms with van der Waals surface area (Å²) >= 11 is 0. The smallest absolute Gasteiger partial charge is 0.0345 e. The molecule has 0 amide bonds. The zero-order chi connectivity index (χ0) is 14.7. The second kappa shape index (κ2) is 6.47. The van der Waals surface area contributed by atoms with E-state index in [9.17, 15) is 0 Å². The third-order valence-corrected chi connectivity index (χ3v) is 5.47. The molecule has 3 heteroatoms. The van der Waals surface area contributed by atoms with Gasteiger partial charge < -0.3 is 5.73 Å². The lowest BCUT2D eigenvalue weighted by molar-refractivity contribution is -0.00418. The van der Waals surface area contributed by atoms with Crippen molar-refractivity contribution < 1.29 is 0 Å². The van der Waals surface area contributed by atoms with Crippen molar-refractivity contribution in [1.29, 1.82) is 0 Å². The van der Waals surface area contributed by atoms with Crippen molar-refractivity contribution >= 4 is 0 Å². The fraction of sp³-hybridized carbons (Fsp3) is 0.667. The number of hydrogen-bond donors (Lipinski definition) is 1. The van der Waals surface area contributed by atoms with Crippen LogP contribution >= 0.6 is 0 Å². The van der Waals surface area contributed by atoms with E-state index < -0.39 is 0 Å². The molecule has 0 aromatic heterocycles. The molecule has 1 aromatic carbocycles. The minimum absolute atomic E-state index is 0.0882. The molecule has 3 rings (SSSR count). The molecule has 2 atom stereocenters. The highest BCUT2D eigenvalue weighted by Crippen LogP contribution is 2.27. The van der Waals surface area contributed by atoms with Crippen LogP contribution in [0.2, 0.25) is 0 Å². The number of piperazine rings is 1. The van der Waals surface area contributed by atoms with E-state index in [-0.39, 0.29) is 5.54 Å². The van der Waals surface area contributed by atoms with Crippen molar-refractivity contribution in [1.82, 2.24) is 9.80 Å². The molecule has 2 saturated heterocycles. The van der Waals surface area contributed by atoms with Gasteiger partial charge in [-0.05, 0) is 38.3 Å². The molecule has 2 unspecified atom stereocenters. The lowest BCUT2D eigenvalue weighted by atomic mass is 9.88. The largest absolute Gasteiger partial charge is 0.329 e. The summed E-state index contributed by atoms with van der Waals surface area (Å²) in [5, 5.41) is 0. The van der Waals surface area contributed by atoms with Crippen molar-refractivity contribution in [2.24, 2.45) is 5.73 Å². The summed E-state index contributed by atoms with van der Waals surface area (Å²) in [6, 6.07) is 11.6. The molecule has 0 radical (unpaired) electrons. The van der Waals surface area contributed by atoms with E-state index in [0.717, 1.165) is 25.6 Å². The van der Waals surface area contributed by atoms with Crippen LogP contribution in [-0.2, 0) is 6.42 Å². The van der Waals surface area contributed by atoms with Gasteiger partial charge in [0.25, 0.3) is 0 Å². The summed E-state index contributed by atoms with van der Waals surface area (Å²) in [7, 11) is 0. The van der Waals surface area contributed by atoms with Crippen LogP contribution in [0, 0.1) is 0 Å². The first-order chi connectivity index (χ1) is 10.2. The van der Waals surface area contributed by atoms with E-state index in [1.165, 1.54) is 44.5 Å². The second-order valence-corrected chi connectivity index (χ2v) is 7.00. The Morgan fingerprint density at radius 1 is 1.14 bits per heavy atom. The average molecular weight is 287 g/mol. The quantitative estimate of drug-likeness (QED) is 0.920. The van der Waals surface area contributed by atoms with Crippen LogP contribution in [0.5, 0.6) is 0 Å². The first-order valence-electron chi connectivity index (χ1n) is 8.44. The molecule has 0 spiro atoms. The summed E-state index contributed by atoms with van der Waals surface area (Å²) in [6.45, 7) is 7.95. The van der Waals surface area contributed by atoms with E-state index in [1.807, 2.05) is 0 Å². The molecular weight excluding hydrogens is 258 g/mol. The SMILES string of the molecule is CC(CN)(Cc1ccccc1)N1CCN2CCCCC2C1. The number of nitrogens with zero attached hydrogens (tertiary/aromatic N) is 2. The molecule has 0 saturated carbocycles. The minimum Gasteiger partial charge on any atom is -0.329 e. The highest BCUT2D eigenvalue weighted by Gasteiger charge is 2.37. The molecule has 116 valence electrons. The van der Waals surface area contributed by atoms with Crippen molar-refractivity contribution in [3.05, 3.63) is 35.9 Å². The Morgan fingerprint density at radius 3 is 2.71 bits per heavy atom. The lowest BCUT2D eigenvalue weighted by Crippen LogP contribution is -2.63. The predicted octanol–water partition coefficient (Wildman–Crippen LogP) is 2.12. The highest BCUT2D eigenvalue weighted by atomic mass is 15.3. The van der Waals surface area contributed by atoms with Gasteiger partial charge in [-0.3, -0.25) is 9.80 Å². The Kier molecular flexibility index (Phi) is 4.63. The van der Waals surface area contributed by atoms with Gasteiger partial charge in [0.1, 0.15) is 0 Å². The van der Waals surface area contributed by atoms with Gasteiger partial charge in [0.15, 0.2) is 0 Å². The average Bonchev–Trinajstić information content (AvgIpc) is 2.55. The summed E-state index contributed by atoms with van der Waals surface area (Å²) < 4.78 is 0. The maximum absolute atomic E-state index is 6.20. The summed E-state index contributed by atoms with van der Waals surface area (Å²) in [5.41, 5.74) is 7.69. The van der Waals surface area contributed by atoms with Crippen molar-refractivity contribution in [3.63, 3.8) is 0 Å². The third-order valence-electron chi connectivity index (χ3n) is 5.47. The number of fused-ring (bicyclic) bond motifs is 1. The fourth-order valence-corrected chi connectivity index (χ4v) is 3.99. The van der Waals surface area contributed by atoms with E-state index in [2.05, 4.69) is 47.1 Å². The van der Waals surface area contributed by atoms with Gasteiger partial charge in [0, 0.05) is 37.8 Å². The highest BCUT2D eigenvalue weighted by molar-refractivity contribution is 5.18. The summed E-state index contributed by atoms with van der Waals surface area (Å²) in [5.74, 6) is 0. The minimum atomic E-state index is 0.0882. The molecule has 2 fully saturated rings. The van der Waals surface area contributed by atoms with Gasteiger partial charge in [-0.1, -0.05) is 36.8 Å². The maximum Gasteiger partial charge on any atom is 0.0345 e. The van der Waals surface area contributed by atoms with Crippen LogP contribution in [-0.4, -0.2) is 54.1 Å². The Balaban J connectivity index is 1.70. The van der Waals surface area contributed by atoms with Gasteiger partial charge in [-0.15, -0.1) is 0 Å². The lowest BCUT2D eigenvalue weighted by Gasteiger charge is -2.50. The van der Waals surface area contributed by atoms with Crippen molar-refractivity contribution in [2.45, 2.75) is 44.2 Å². The van der Waals surface area contributed by atoms with E-state index in [0.29, 0.717) is 0 Å². The molecular formula is C18H29N3. The Morgan fingerprint density at radius 2 is 1.95 bits per heavy atom. The van der Waals surface area contributed by atoms with Crippen LogP contribution in [0.1, 0.15) is 31.7 Å². The van der Waals surface area contributed by atoms with Crippen LogP contribution in [0.25, 0.3) is 0 Å². The number of benzene rings is 1. The first-order valence-corrected chi connectivity index (χ1v) is 8.44. The molecule has 2 aliphatic heterocycles. The Hall–Kier alpha value is -0.900. The Bertz CT molecular complexity index is 447. The molecule has 2 heterocycles. The number of nitrogens with two attached hydrogens (primary N) is 1. The zero-order valence-corrected chi connectivity index (χ0v) is 13.3. The fourth-order valence-electron chi connectivity index (χ4n) is 3.99. The Labute approximate surface area is 129 Å². The van der Waals surface area contributed by atoms with E-state index >= 15 is 0 Å². The molecule has 2 aliphatic rings. The molecule has 1 aromatic rings. The van der Waals surface area contributed by atoms with Crippen molar-refractivity contribution in [3.8, 4) is 0 Å². The van der Waals surface area contributed by atoms with E-state index in [1.54, 1.807) is 0 Å². The summed E-state index contributed by atoms with van der Waals surface area (Å²) in [6.07, 6.45) is 5.20. The normalized spacial score (nSPS) is 27.0. The van der Waals surface area contributed by atoms with Crippen LogP contribution < -0.4 is 5.73 Å². The van der Waals surface area contributed by atoms with E-state index in [4.69, 9.17) is 5.73 Å². The van der Waals surface area contributed by atoms with Crippen LogP contribution in [0.4, 0.5) is 0 Å². The molecule has 3 nitrogen and oxygen atoms in total. The molecule has 0 bridgehead atoms. The monoisotopic (exact) mass is 287 g/mol. The van der Waals surface area contributed by atoms with Gasteiger partial charge in [-0.2, -0.15) is 0 Å². The number of piperidine rings is 1. The molecule has 0 aliphatic carbocycles. The predicted molar refractivity (Wildman–Crippen MR) is 88.4 cm³/mol. The van der Waals surface area contributed by atoms with Gasteiger partial charge >= 0.3 is 0 Å². The topological polar surface area (TPSA) is 32.5 Å². The van der Waals surface area contributed by atoms with Gasteiger partial charge in [0.05, 0.1) is 0 Å². The zero-order valence-electron chi connectivity index (χ0n) is 13.3. The standard InChI is InChI=1S/C18H29N3/c1-18(15-19,13-16-7-3-2-4-8-16)21-12-11-20-10-6-5-9-17(20)14-21/h2-4,7-8,17H,5-6,9-15,19H2,1H3. The van der Waals surface area contributed by atoms with Crippen LogP contribution in [0.15, 0.2) is 30.3 Å². The van der Waals surface area contributed by atoms with Gasteiger partial charge in [-0.25, -0.2) is 0 Å².